The molecule has 4 N–H and O–H groups in total. The Balaban J connectivity index is 4.52. The Hall–Kier alpha value is -0.720. The fraction of sp³-hybridized carbons (Fsp3) is 0. The number of hydrogen-bond acceptors (Lipinski definition) is 6. The highest BCUT2D eigenvalue weighted by molar-refractivity contribution is 7.47. The first-order valence-electron chi connectivity index (χ1n) is 2.37. The van der Waals surface area contributed by atoms with Crippen LogP contribution in [0.2, 0.25) is 0 Å². The van der Waals surface area contributed by atoms with E-state index in [-0.39, 0.29) is 0 Å². The lowest BCUT2D eigenvalue weighted by Gasteiger charge is -2.11. The zero-order valence-corrected chi connectivity index (χ0v) is 7.51. The van der Waals surface area contributed by atoms with Crippen LogP contribution >= 0.6 is 15.6 Å². The Kier molecular flexibility index (Phi) is 3.77. The molecule has 0 aromatic rings. The molecule has 1 unspecified atom stereocenters. The smallest absolute Gasteiger partial charge is 0.724 e. The standard InChI is InChI=1S/CH4N2O8P2/c2-3-1(10-12(4,5)6)11-13(7,8)9/h2H,(H3-,4,5,6,7,8,9). The summed E-state index contributed by atoms with van der Waals surface area (Å²) in [7, 11) is -10.4. The van der Waals surface area contributed by atoms with E-state index < -0.39 is 21.7 Å². The maximum Gasteiger partial charge on any atom is 0.724 e. The van der Waals surface area contributed by atoms with Crippen LogP contribution in [0.15, 0.2) is 0 Å². The van der Waals surface area contributed by atoms with Crippen molar-refractivity contribution in [2.75, 3.05) is 0 Å². The fourth-order valence-electron chi connectivity index (χ4n) is 0.258. The molecule has 0 aliphatic heterocycles. The lowest BCUT2D eigenvalue weighted by Crippen LogP contribution is -2.13. The fourth-order valence-corrected chi connectivity index (χ4v) is 0.874. The van der Waals surface area contributed by atoms with Crippen LogP contribution < -0.4 is 4.89 Å². The van der Waals surface area contributed by atoms with Gasteiger partial charge < -0.3 is 18.8 Å². The largest absolute Gasteiger partial charge is 0.746 e. The molecule has 0 bridgehead atoms. The summed E-state index contributed by atoms with van der Waals surface area (Å²) in [6.45, 7) is 0. The third kappa shape index (κ3) is 7.63. The molecule has 0 saturated heterocycles. The van der Waals surface area contributed by atoms with E-state index in [2.05, 4.69) is 13.8 Å². The van der Waals surface area contributed by atoms with Crippen molar-refractivity contribution < 1.29 is 42.5 Å². The molecule has 0 aliphatic carbocycles. The minimum atomic E-state index is -5.29. The van der Waals surface area contributed by atoms with E-state index in [9.17, 15) is 14.0 Å². The van der Waals surface area contributed by atoms with Crippen molar-refractivity contribution in [3.8, 4) is 0 Å². The molecule has 12 heteroatoms. The van der Waals surface area contributed by atoms with Crippen molar-refractivity contribution in [2.24, 2.45) is 0 Å². The van der Waals surface area contributed by atoms with Crippen LogP contribution in [-0.4, -0.2) is 25.6 Å². The molecule has 1 atom stereocenters. The van der Waals surface area contributed by atoms with Gasteiger partial charge in [0.2, 0.25) is 0 Å². The van der Waals surface area contributed by atoms with Crippen molar-refractivity contribution in [1.82, 2.24) is 0 Å². The van der Waals surface area contributed by atoms with Crippen molar-refractivity contribution >= 4 is 21.7 Å². The van der Waals surface area contributed by atoms with Crippen molar-refractivity contribution in [3.05, 3.63) is 0 Å². The molecule has 0 radical (unpaired) electrons. The molecule has 0 aromatic carbocycles. The Bertz CT molecular complexity index is 291. The van der Waals surface area contributed by atoms with Gasteiger partial charge in [-0.25, -0.2) is 4.57 Å². The van der Waals surface area contributed by atoms with Crippen LogP contribution in [0.5, 0.6) is 0 Å². The molecule has 0 aromatic heterocycles. The van der Waals surface area contributed by atoms with Crippen LogP contribution in [-0.2, 0) is 18.2 Å². The van der Waals surface area contributed by atoms with E-state index >= 15 is 0 Å². The van der Waals surface area contributed by atoms with E-state index in [0.717, 1.165) is 0 Å². The predicted molar refractivity (Wildman–Crippen MR) is 32.0 cm³/mol. The van der Waals surface area contributed by atoms with Crippen molar-refractivity contribution in [2.45, 2.75) is 0 Å². The molecular formula is CH4N2O8P2. The second-order valence-electron chi connectivity index (χ2n) is 1.52. The Morgan fingerprint density at radius 2 is 1.77 bits per heavy atom. The lowest BCUT2D eigenvalue weighted by atomic mass is 11.4. The van der Waals surface area contributed by atoms with Gasteiger partial charge in [0.15, 0.2) is 0 Å². The molecule has 0 rings (SSSR count). The van der Waals surface area contributed by atoms with E-state index in [1.807, 2.05) is 0 Å². The van der Waals surface area contributed by atoms with Gasteiger partial charge in [0.05, 0.1) is 5.53 Å². The Morgan fingerprint density at radius 3 is 2.00 bits per heavy atom. The first-order chi connectivity index (χ1) is 5.64. The highest BCUT2D eigenvalue weighted by Crippen LogP contribution is 2.39. The number of rotatable bonds is 2. The highest BCUT2D eigenvalue weighted by atomic mass is 31.2. The summed E-state index contributed by atoms with van der Waals surface area (Å²) < 4.78 is 26.8. The number of nitrogens with zero attached hydrogens (tertiary/aromatic N) is 1. The third-order valence-electron chi connectivity index (χ3n) is 0.482. The summed E-state index contributed by atoms with van der Waals surface area (Å²) in [4.78, 5) is 36.3. The summed E-state index contributed by atoms with van der Waals surface area (Å²) in [5.41, 5.74) is 6.14. The summed E-state index contributed by atoms with van der Waals surface area (Å²) in [5.74, 6) is 0. The van der Waals surface area contributed by atoms with Gasteiger partial charge in [-0.05, 0) is 0 Å². The molecule has 76 valence electrons. The average molecular weight is 234 g/mol. The zero-order valence-electron chi connectivity index (χ0n) is 5.72. The number of phosphoric ester groups is 2. The second-order valence-corrected chi connectivity index (χ2v) is 3.80. The highest BCUT2D eigenvalue weighted by Gasteiger charge is 2.31. The maximum absolute atomic E-state index is 10.0. The summed E-state index contributed by atoms with van der Waals surface area (Å²) >= 11 is 0. The normalized spacial score (nSPS) is 15.4. The van der Waals surface area contributed by atoms with E-state index in [4.69, 9.17) is 20.2 Å². The molecule has 0 saturated carbocycles. The lowest BCUT2D eigenvalue weighted by molar-refractivity contribution is -0.222. The number of hydrogen-bond donors (Lipinski definition) is 4. The molecule has 0 heterocycles. The predicted octanol–water partition coefficient (Wildman–Crippen LogP) is -1.83. The molecule has 0 spiro atoms. The van der Waals surface area contributed by atoms with Gasteiger partial charge in [-0.1, -0.05) is 0 Å². The first kappa shape index (κ1) is 12.3. The van der Waals surface area contributed by atoms with Crippen molar-refractivity contribution in [1.29, 1.82) is 5.53 Å². The average Bonchev–Trinajstić information content (AvgIpc) is 1.79. The Morgan fingerprint density at radius 1 is 1.31 bits per heavy atom. The quantitative estimate of drug-likeness (QED) is 0.142. The van der Waals surface area contributed by atoms with E-state index in [1.54, 1.807) is 0 Å². The summed E-state index contributed by atoms with van der Waals surface area (Å²) in [5, 5.41) is 0. The number of nitrogens with one attached hydrogen (secondary N) is 1. The molecule has 0 amide bonds. The monoisotopic (exact) mass is 234 g/mol. The zero-order chi connectivity index (χ0) is 10.7. The van der Waals surface area contributed by atoms with Gasteiger partial charge in [-0.15, -0.1) is 0 Å². The minimum Gasteiger partial charge on any atom is -0.746 e. The maximum atomic E-state index is 10.0. The number of phosphoric acid groups is 2. The first-order valence-corrected chi connectivity index (χ1v) is 5.39. The van der Waals surface area contributed by atoms with Gasteiger partial charge in [0.25, 0.3) is 0 Å². The molecule has 0 fully saturated rings. The summed E-state index contributed by atoms with van der Waals surface area (Å²) in [6.07, 6.45) is -1.57. The second kappa shape index (κ2) is 3.99. The SMILES string of the molecule is N=[N+]=C(OP(=O)([O-])O)OP(=O)(O)O. The van der Waals surface area contributed by atoms with Crippen LogP contribution in [0, 0.1) is 5.53 Å². The van der Waals surface area contributed by atoms with Crippen LogP contribution in [0.1, 0.15) is 0 Å². The Labute approximate surface area is 70.8 Å². The minimum absolute atomic E-state index is 1.57. The van der Waals surface area contributed by atoms with Crippen LogP contribution in [0.3, 0.4) is 0 Å². The van der Waals surface area contributed by atoms with Crippen LogP contribution in [0.4, 0.5) is 0 Å². The summed E-state index contributed by atoms with van der Waals surface area (Å²) in [6, 6.07) is 0. The van der Waals surface area contributed by atoms with Gasteiger partial charge in [0, 0.05) is 0 Å². The van der Waals surface area contributed by atoms with Gasteiger partial charge >= 0.3 is 21.7 Å². The molecule has 10 nitrogen and oxygen atoms in total. The van der Waals surface area contributed by atoms with E-state index in [0.29, 0.717) is 0 Å². The molecule has 13 heavy (non-hydrogen) atoms. The van der Waals surface area contributed by atoms with E-state index in [1.165, 1.54) is 0 Å². The van der Waals surface area contributed by atoms with Gasteiger partial charge in [-0.3, -0.25) is 14.4 Å². The molecule has 0 aliphatic rings. The van der Waals surface area contributed by atoms with Gasteiger partial charge in [-0.2, -0.15) is 0 Å². The molecular weight excluding hydrogens is 230 g/mol. The van der Waals surface area contributed by atoms with Gasteiger partial charge in [0.1, 0.15) is 4.79 Å². The third-order valence-corrected chi connectivity index (χ3v) is 1.26. The van der Waals surface area contributed by atoms with Crippen molar-refractivity contribution in [3.63, 3.8) is 0 Å². The topological polar surface area (TPSA) is 174 Å². The van der Waals surface area contributed by atoms with Crippen LogP contribution in [0.25, 0.3) is 0 Å².